The third-order valence-corrected chi connectivity index (χ3v) is 5.03. The zero-order valence-corrected chi connectivity index (χ0v) is 15.0. The van der Waals surface area contributed by atoms with Crippen LogP contribution in [-0.2, 0) is 4.74 Å². The van der Waals surface area contributed by atoms with E-state index in [1.807, 2.05) is 16.3 Å². The van der Waals surface area contributed by atoms with E-state index in [1.165, 1.54) is 0 Å². The summed E-state index contributed by atoms with van der Waals surface area (Å²) in [6.45, 7) is 2.99. The van der Waals surface area contributed by atoms with Crippen molar-refractivity contribution in [1.29, 1.82) is 0 Å². The molecule has 2 N–H and O–H groups in total. The van der Waals surface area contributed by atoms with Crippen LogP contribution in [-0.4, -0.2) is 43.2 Å². The van der Waals surface area contributed by atoms with Crippen LogP contribution in [0.4, 0.5) is 0 Å². The predicted molar refractivity (Wildman–Crippen MR) is 92.8 cm³/mol. The van der Waals surface area contributed by atoms with Crippen LogP contribution in [0.1, 0.15) is 29.6 Å². The fraction of sp³-hybridized carbons (Fsp3) is 0.615. The van der Waals surface area contributed by atoms with Crippen LogP contribution in [0.15, 0.2) is 11.4 Å². The maximum absolute atomic E-state index is 12.3. The molecule has 0 atom stereocenters. The lowest BCUT2D eigenvalue weighted by Crippen LogP contribution is -2.40. The molecule has 0 unspecified atom stereocenters. The minimum Gasteiger partial charge on any atom is -0.378 e. The van der Waals surface area contributed by atoms with E-state index in [0.717, 1.165) is 47.4 Å². The van der Waals surface area contributed by atoms with Crippen molar-refractivity contribution in [3.8, 4) is 0 Å². The SMILES string of the molecule is Cl.NCCCOC1CCN(C(=O)c2csc(I)c2)CC1. The third kappa shape index (κ3) is 5.14. The molecule has 1 aromatic heterocycles. The van der Waals surface area contributed by atoms with Crippen LogP contribution in [0.2, 0.25) is 0 Å². The maximum atomic E-state index is 12.3. The van der Waals surface area contributed by atoms with Crippen molar-refractivity contribution < 1.29 is 9.53 Å². The van der Waals surface area contributed by atoms with Gasteiger partial charge in [-0.05, 0) is 54.5 Å². The lowest BCUT2D eigenvalue weighted by molar-refractivity contribution is 0.00846. The van der Waals surface area contributed by atoms with Crippen molar-refractivity contribution in [1.82, 2.24) is 4.90 Å². The smallest absolute Gasteiger partial charge is 0.254 e. The Balaban J connectivity index is 0.00000200. The number of piperidine rings is 1. The summed E-state index contributed by atoms with van der Waals surface area (Å²) in [5.41, 5.74) is 6.26. The number of hydrogen-bond donors (Lipinski definition) is 1. The number of nitrogens with zero attached hydrogens (tertiary/aromatic N) is 1. The average Bonchev–Trinajstić information content (AvgIpc) is 2.86. The summed E-state index contributed by atoms with van der Waals surface area (Å²) in [6.07, 6.45) is 3.06. The first-order valence-electron chi connectivity index (χ1n) is 6.55. The Hall–Kier alpha value is 0.110. The lowest BCUT2D eigenvalue weighted by atomic mass is 10.1. The van der Waals surface area contributed by atoms with E-state index < -0.39 is 0 Å². The molecule has 0 radical (unpaired) electrons. The molecular formula is C13H20ClIN2O2S. The monoisotopic (exact) mass is 430 g/mol. The Kier molecular flexibility index (Phi) is 8.35. The maximum Gasteiger partial charge on any atom is 0.254 e. The highest BCUT2D eigenvalue weighted by molar-refractivity contribution is 14.1. The molecule has 1 fully saturated rings. The van der Waals surface area contributed by atoms with Gasteiger partial charge in [0, 0.05) is 25.1 Å². The molecule has 4 nitrogen and oxygen atoms in total. The van der Waals surface area contributed by atoms with Crippen LogP contribution in [0.25, 0.3) is 0 Å². The first-order valence-corrected chi connectivity index (χ1v) is 8.51. The van der Waals surface area contributed by atoms with Crippen LogP contribution in [0, 0.1) is 2.88 Å². The van der Waals surface area contributed by atoms with Gasteiger partial charge in [-0.1, -0.05) is 0 Å². The predicted octanol–water partition coefficient (Wildman–Crippen LogP) is 2.74. The summed E-state index contributed by atoms with van der Waals surface area (Å²) in [7, 11) is 0. The topological polar surface area (TPSA) is 55.6 Å². The largest absolute Gasteiger partial charge is 0.378 e. The number of halogens is 2. The Bertz CT molecular complexity index is 422. The van der Waals surface area contributed by atoms with Gasteiger partial charge in [-0.3, -0.25) is 4.79 Å². The highest BCUT2D eigenvalue weighted by Gasteiger charge is 2.24. The highest BCUT2D eigenvalue weighted by atomic mass is 127. The number of thiophene rings is 1. The summed E-state index contributed by atoms with van der Waals surface area (Å²) in [5.74, 6) is 0.152. The normalized spacial score (nSPS) is 16.0. The van der Waals surface area contributed by atoms with E-state index in [9.17, 15) is 4.79 Å². The van der Waals surface area contributed by atoms with Gasteiger partial charge >= 0.3 is 0 Å². The molecule has 0 aliphatic carbocycles. The number of hydrogen-bond acceptors (Lipinski definition) is 4. The summed E-state index contributed by atoms with van der Waals surface area (Å²) < 4.78 is 6.90. The first kappa shape index (κ1) is 18.2. The minimum atomic E-state index is 0. The van der Waals surface area contributed by atoms with E-state index in [0.29, 0.717) is 12.6 Å². The molecule has 1 aliphatic rings. The van der Waals surface area contributed by atoms with E-state index in [4.69, 9.17) is 10.5 Å². The fourth-order valence-corrected chi connectivity index (χ4v) is 3.48. The van der Waals surface area contributed by atoms with Crippen LogP contribution in [0.3, 0.4) is 0 Å². The van der Waals surface area contributed by atoms with Gasteiger partial charge in [0.1, 0.15) is 0 Å². The number of likely N-dealkylation sites (tertiary alicyclic amines) is 1. The van der Waals surface area contributed by atoms with E-state index >= 15 is 0 Å². The third-order valence-electron chi connectivity index (χ3n) is 3.25. The number of amides is 1. The van der Waals surface area contributed by atoms with Gasteiger partial charge in [-0.2, -0.15) is 0 Å². The molecule has 0 bridgehead atoms. The van der Waals surface area contributed by atoms with Crippen LogP contribution < -0.4 is 5.73 Å². The molecule has 0 aromatic carbocycles. The molecule has 114 valence electrons. The average molecular weight is 431 g/mol. The Morgan fingerprint density at radius 1 is 1.50 bits per heavy atom. The van der Waals surface area contributed by atoms with E-state index in [2.05, 4.69) is 22.6 Å². The fourth-order valence-electron chi connectivity index (χ4n) is 2.16. The second-order valence-electron chi connectivity index (χ2n) is 4.64. The quantitative estimate of drug-likeness (QED) is 0.577. The Labute approximate surface area is 143 Å². The first-order chi connectivity index (χ1) is 9.20. The summed E-state index contributed by atoms with van der Waals surface area (Å²) in [4.78, 5) is 14.2. The summed E-state index contributed by atoms with van der Waals surface area (Å²) in [5, 5.41) is 1.94. The van der Waals surface area contributed by atoms with E-state index in [1.54, 1.807) is 11.3 Å². The molecule has 2 heterocycles. The molecule has 7 heteroatoms. The van der Waals surface area contributed by atoms with Crippen molar-refractivity contribution >= 4 is 52.2 Å². The number of rotatable bonds is 5. The number of carbonyl (C=O) groups excluding carboxylic acids is 1. The van der Waals surface area contributed by atoms with Crippen molar-refractivity contribution in [3.05, 3.63) is 19.9 Å². The molecule has 1 aromatic rings. The van der Waals surface area contributed by atoms with Gasteiger partial charge in [0.05, 0.1) is 14.6 Å². The summed E-state index contributed by atoms with van der Waals surface area (Å²) in [6, 6.07) is 1.96. The second-order valence-corrected chi connectivity index (χ2v) is 7.45. The van der Waals surface area contributed by atoms with Crippen molar-refractivity contribution in [2.24, 2.45) is 5.73 Å². The highest BCUT2D eigenvalue weighted by Crippen LogP contribution is 2.21. The van der Waals surface area contributed by atoms with Gasteiger partial charge in [-0.25, -0.2) is 0 Å². The Morgan fingerprint density at radius 3 is 2.75 bits per heavy atom. The van der Waals surface area contributed by atoms with Crippen LogP contribution in [0.5, 0.6) is 0 Å². The van der Waals surface area contributed by atoms with Crippen molar-refractivity contribution in [2.75, 3.05) is 26.2 Å². The molecule has 0 saturated carbocycles. The Morgan fingerprint density at radius 2 is 2.20 bits per heavy atom. The molecule has 20 heavy (non-hydrogen) atoms. The summed E-state index contributed by atoms with van der Waals surface area (Å²) >= 11 is 3.86. The lowest BCUT2D eigenvalue weighted by Gasteiger charge is -2.31. The number of nitrogens with two attached hydrogens (primary N) is 1. The van der Waals surface area contributed by atoms with E-state index in [-0.39, 0.29) is 18.3 Å². The molecule has 0 spiro atoms. The second kappa shape index (κ2) is 9.19. The molecule has 1 saturated heterocycles. The zero-order valence-electron chi connectivity index (χ0n) is 11.2. The standard InChI is InChI=1S/C13H19IN2O2S.ClH/c14-12-8-10(9-19-12)13(17)16-5-2-11(3-6-16)18-7-1-4-15;/h8-9,11H,1-7,15H2;1H. The van der Waals surface area contributed by atoms with Gasteiger partial charge in [0.25, 0.3) is 5.91 Å². The van der Waals surface area contributed by atoms with Crippen molar-refractivity contribution in [3.63, 3.8) is 0 Å². The molecular weight excluding hydrogens is 411 g/mol. The van der Waals surface area contributed by atoms with Crippen molar-refractivity contribution in [2.45, 2.75) is 25.4 Å². The minimum absolute atomic E-state index is 0. The van der Waals surface area contributed by atoms with Gasteiger partial charge in [0.15, 0.2) is 0 Å². The van der Waals surface area contributed by atoms with Gasteiger partial charge in [0.2, 0.25) is 0 Å². The zero-order chi connectivity index (χ0) is 13.7. The molecule has 1 amide bonds. The van der Waals surface area contributed by atoms with Crippen LogP contribution >= 0.6 is 46.3 Å². The molecule has 1 aliphatic heterocycles. The van der Waals surface area contributed by atoms with Gasteiger partial charge < -0.3 is 15.4 Å². The number of carbonyl (C=O) groups is 1. The molecule has 2 rings (SSSR count). The van der Waals surface area contributed by atoms with Gasteiger partial charge in [-0.15, -0.1) is 23.7 Å². The number of ether oxygens (including phenoxy) is 1.